The Balaban J connectivity index is 2.52. The highest BCUT2D eigenvalue weighted by Crippen LogP contribution is 2.18. The minimum absolute atomic E-state index is 0.115. The van der Waals surface area contributed by atoms with E-state index in [4.69, 9.17) is 0 Å². The minimum Gasteiger partial charge on any atom is -0.296 e. The number of aromatic nitrogens is 3. The molecule has 0 aliphatic heterocycles. The van der Waals surface area contributed by atoms with Crippen LogP contribution in [0.5, 0.6) is 0 Å². The maximum absolute atomic E-state index is 12.8. The van der Waals surface area contributed by atoms with Crippen molar-refractivity contribution < 1.29 is 9.18 Å². The molecule has 0 bridgehead atoms. The molecule has 1 aromatic heterocycles. The number of benzene rings is 1. The largest absolute Gasteiger partial charge is 0.296 e. The fourth-order valence-electron chi connectivity index (χ4n) is 1.60. The standard InChI is InChI=1S/C12H12FN3O/c1-8(2)12-11(7-17)16(15-14-12)10-5-3-9(13)4-6-10/h3-8H,1-2H3. The highest BCUT2D eigenvalue weighted by atomic mass is 19.1. The third-order valence-electron chi connectivity index (χ3n) is 2.46. The SMILES string of the molecule is CC(C)c1nnn(-c2ccc(F)cc2)c1C=O. The van der Waals surface area contributed by atoms with Crippen LogP contribution in [0.4, 0.5) is 4.39 Å². The number of rotatable bonds is 3. The van der Waals surface area contributed by atoms with Gasteiger partial charge in [0.05, 0.1) is 11.4 Å². The number of hydrogen-bond donors (Lipinski definition) is 0. The van der Waals surface area contributed by atoms with Crippen molar-refractivity contribution in [2.24, 2.45) is 0 Å². The quantitative estimate of drug-likeness (QED) is 0.764. The average Bonchev–Trinajstić information content (AvgIpc) is 2.73. The smallest absolute Gasteiger partial charge is 0.170 e. The molecule has 0 unspecified atom stereocenters. The van der Waals surface area contributed by atoms with E-state index in [0.29, 0.717) is 17.1 Å². The van der Waals surface area contributed by atoms with Crippen LogP contribution < -0.4 is 0 Å². The number of carbonyl (C=O) groups excluding carboxylic acids is 1. The highest BCUT2D eigenvalue weighted by molar-refractivity contribution is 5.75. The van der Waals surface area contributed by atoms with Crippen LogP contribution in [0.3, 0.4) is 0 Å². The van der Waals surface area contributed by atoms with Gasteiger partial charge in [-0.2, -0.15) is 0 Å². The molecule has 17 heavy (non-hydrogen) atoms. The Morgan fingerprint density at radius 2 is 1.94 bits per heavy atom. The predicted molar refractivity (Wildman–Crippen MR) is 60.8 cm³/mol. The summed E-state index contributed by atoms with van der Waals surface area (Å²) < 4.78 is 14.2. The summed E-state index contributed by atoms with van der Waals surface area (Å²) in [7, 11) is 0. The first-order chi connectivity index (χ1) is 8.13. The topological polar surface area (TPSA) is 47.8 Å². The molecule has 0 atom stereocenters. The number of carbonyl (C=O) groups is 1. The molecule has 0 fully saturated rings. The van der Waals surface area contributed by atoms with Crippen molar-refractivity contribution >= 4 is 6.29 Å². The molecule has 2 rings (SSSR count). The van der Waals surface area contributed by atoms with Crippen molar-refractivity contribution in [3.05, 3.63) is 41.5 Å². The van der Waals surface area contributed by atoms with Gasteiger partial charge < -0.3 is 0 Å². The van der Waals surface area contributed by atoms with Gasteiger partial charge in [-0.15, -0.1) is 5.10 Å². The molecule has 0 N–H and O–H groups in total. The molecule has 0 amide bonds. The summed E-state index contributed by atoms with van der Waals surface area (Å²) in [5.41, 5.74) is 1.67. The molecule has 1 heterocycles. The lowest BCUT2D eigenvalue weighted by Crippen LogP contribution is -2.03. The maximum atomic E-state index is 12.8. The molecule has 0 saturated heterocycles. The van der Waals surface area contributed by atoms with Gasteiger partial charge in [0.2, 0.25) is 0 Å². The van der Waals surface area contributed by atoms with Gasteiger partial charge in [0, 0.05) is 0 Å². The Bertz CT molecular complexity index is 531. The van der Waals surface area contributed by atoms with Crippen LogP contribution in [0, 0.1) is 5.82 Å². The third kappa shape index (κ3) is 2.08. The van der Waals surface area contributed by atoms with Crippen LogP contribution in [0.1, 0.15) is 35.9 Å². The number of aldehydes is 1. The summed E-state index contributed by atoms with van der Waals surface area (Å²) in [6.07, 6.45) is 0.721. The van der Waals surface area contributed by atoms with Crippen LogP contribution in [0.25, 0.3) is 5.69 Å². The zero-order valence-electron chi connectivity index (χ0n) is 9.59. The van der Waals surface area contributed by atoms with E-state index in [-0.39, 0.29) is 11.7 Å². The maximum Gasteiger partial charge on any atom is 0.170 e. The van der Waals surface area contributed by atoms with E-state index < -0.39 is 0 Å². The van der Waals surface area contributed by atoms with Crippen molar-refractivity contribution in [1.82, 2.24) is 15.0 Å². The zero-order valence-corrected chi connectivity index (χ0v) is 9.59. The molecule has 5 heteroatoms. The van der Waals surface area contributed by atoms with Crippen molar-refractivity contribution in [2.45, 2.75) is 19.8 Å². The van der Waals surface area contributed by atoms with E-state index >= 15 is 0 Å². The number of halogens is 1. The lowest BCUT2D eigenvalue weighted by molar-refractivity contribution is 0.111. The molecule has 0 aliphatic rings. The number of nitrogens with zero attached hydrogens (tertiary/aromatic N) is 3. The molecule has 0 saturated carbocycles. The summed E-state index contributed by atoms with van der Waals surface area (Å²) in [6.45, 7) is 3.87. The molecule has 2 aromatic rings. The van der Waals surface area contributed by atoms with Crippen molar-refractivity contribution in [3.8, 4) is 5.69 Å². The molecular formula is C12H12FN3O. The fraction of sp³-hybridized carbons (Fsp3) is 0.250. The zero-order chi connectivity index (χ0) is 12.4. The summed E-state index contributed by atoms with van der Waals surface area (Å²) >= 11 is 0. The number of hydrogen-bond acceptors (Lipinski definition) is 3. The normalized spacial score (nSPS) is 10.8. The van der Waals surface area contributed by atoms with E-state index in [1.165, 1.54) is 16.8 Å². The van der Waals surface area contributed by atoms with E-state index in [0.717, 1.165) is 6.29 Å². The first-order valence-corrected chi connectivity index (χ1v) is 5.30. The Morgan fingerprint density at radius 3 is 2.47 bits per heavy atom. The van der Waals surface area contributed by atoms with Gasteiger partial charge in [0.1, 0.15) is 11.5 Å². The third-order valence-corrected chi connectivity index (χ3v) is 2.46. The Morgan fingerprint density at radius 1 is 1.29 bits per heavy atom. The molecular weight excluding hydrogens is 221 g/mol. The second kappa shape index (κ2) is 4.45. The second-order valence-corrected chi connectivity index (χ2v) is 4.02. The summed E-state index contributed by atoms with van der Waals surface area (Å²) in [5.74, 6) is -0.213. The van der Waals surface area contributed by atoms with Gasteiger partial charge >= 0.3 is 0 Å². The second-order valence-electron chi connectivity index (χ2n) is 4.02. The summed E-state index contributed by atoms with van der Waals surface area (Å²) in [4.78, 5) is 11.1. The van der Waals surface area contributed by atoms with Crippen LogP contribution >= 0.6 is 0 Å². The first-order valence-electron chi connectivity index (χ1n) is 5.30. The molecule has 0 spiro atoms. The molecule has 88 valence electrons. The Labute approximate surface area is 98.1 Å². The van der Waals surface area contributed by atoms with Crippen molar-refractivity contribution in [3.63, 3.8) is 0 Å². The molecule has 0 radical (unpaired) electrons. The van der Waals surface area contributed by atoms with Crippen LogP contribution in [-0.2, 0) is 0 Å². The monoisotopic (exact) mass is 233 g/mol. The van der Waals surface area contributed by atoms with E-state index in [1.807, 2.05) is 13.8 Å². The highest BCUT2D eigenvalue weighted by Gasteiger charge is 2.15. The van der Waals surface area contributed by atoms with E-state index in [9.17, 15) is 9.18 Å². The average molecular weight is 233 g/mol. The lowest BCUT2D eigenvalue weighted by Gasteiger charge is -2.03. The van der Waals surface area contributed by atoms with Gasteiger partial charge in [-0.25, -0.2) is 9.07 Å². The fourth-order valence-corrected chi connectivity index (χ4v) is 1.60. The minimum atomic E-state index is -0.328. The molecule has 0 aliphatic carbocycles. The first kappa shape index (κ1) is 11.4. The molecule has 1 aromatic carbocycles. The van der Waals surface area contributed by atoms with Gasteiger partial charge in [-0.05, 0) is 30.2 Å². The van der Waals surface area contributed by atoms with Crippen molar-refractivity contribution in [1.29, 1.82) is 0 Å². The van der Waals surface area contributed by atoms with E-state index in [2.05, 4.69) is 10.3 Å². The van der Waals surface area contributed by atoms with Crippen LogP contribution in [0.2, 0.25) is 0 Å². The van der Waals surface area contributed by atoms with Gasteiger partial charge in [0.25, 0.3) is 0 Å². The van der Waals surface area contributed by atoms with Gasteiger partial charge in [0.15, 0.2) is 6.29 Å². The predicted octanol–water partition coefficient (Wildman–Crippen LogP) is 2.34. The molecule has 4 nitrogen and oxygen atoms in total. The van der Waals surface area contributed by atoms with Crippen LogP contribution in [-0.4, -0.2) is 21.3 Å². The van der Waals surface area contributed by atoms with Gasteiger partial charge in [-0.1, -0.05) is 19.1 Å². The van der Waals surface area contributed by atoms with Crippen LogP contribution in [0.15, 0.2) is 24.3 Å². The lowest BCUT2D eigenvalue weighted by atomic mass is 10.1. The Kier molecular flexibility index (Phi) is 2.99. The summed E-state index contributed by atoms with van der Waals surface area (Å²) in [6, 6.07) is 5.75. The Hall–Kier alpha value is -2.04. The van der Waals surface area contributed by atoms with Gasteiger partial charge in [-0.3, -0.25) is 4.79 Å². The van der Waals surface area contributed by atoms with E-state index in [1.54, 1.807) is 12.1 Å². The van der Waals surface area contributed by atoms with Crippen molar-refractivity contribution in [2.75, 3.05) is 0 Å². The summed E-state index contributed by atoms with van der Waals surface area (Å²) in [5, 5.41) is 7.89.